The molecule has 0 spiro atoms. The normalized spacial score (nSPS) is 16.9. The Kier molecular flexibility index (Phi) is 5.07. The fraction of sp³-hybridized carbons (Fsp3) is 0.111. The molecular weight excluding hydrogens is 357 g/mol. The van der Waals surface area contributed by atoms with Crippen LogP contribution in [0.5, 0.6) is 11.5 Å². The minimum absolute atomic E-state index is 0.236. The van der Waals surface area contributed by atoms with Gasteiger partial charge in [-0.05, 0) is 30.4 Å². The maximum absolute atomic E-state index is 13.0. The Hall–Kier alpha value is -2.04. The second kappa shape index (κ2) is 7.24. The highest BCUT2D eigenvalue weighted by atomic mass is 35.5. The number of fused-ring (bicyclic) bond motifs is 2. The van der Waals surface area contributed by atoms with Crippen molar-refractivity contribution in [3.63, 3.8) is 0 Å². The second-order valence-electron chi connectivity index (χ2n) is 4.97. The number of benzene rings is 2. The summed E-state index contributed by atoms with van der Waals surface area (Å²) in [6.45, 7) is 0.407. The zero-order valence-corrected chi connectivity index (χ0v) is 13.8. The van der Waals surface area contributed by atoms with Gasteiger partial charge in [0.25, 0.3) is 0 Å². The molecule has 0 radical (unpaired) electrons. The zero-order chi connectivity index (χ0) is 17.1. The smallest absolute Gasteiger partial charge is 0.191 e. The summed E-state index contributed by atoms with van der Waals surface area (Å²) in [5.41, 5.74) is 0.796. The van der Waals surface area contributed by atoms with Crippen LogP contribution in [0.15, 0.2) is 42.5 Å². The molecule has 2 aromatic carbocycles. The van der Waals surface area contributed by atoms with E-state index in [-0.39, 0.29) is 23.1 Å². The van der Waals surface area contributed by atoms with Gasteiger partial charge in [-0.1, -0.05) is 47.5 Å². The van der Waals surface area contributed by atoms with Crippen LogP contribution in [0.25, 0.3) is 12.2 Å². The van der Waals surface area contributed by atoms with Gasteiger partial charge in [0, 0.05) is 11.1 Å². The molecule has 124 valence electrons. The van der Waals surface area contributed by atoms with Crippen LogP contribution in [0.2, 0.25) is 5.02 Å². The number of hydrogen-bond donors (Lipinski definition) is 0. The Bertz CT molecular complexity index is 819. The number of rotatable bonds is 0. The molecular formula is C18H12Cl2F2O2. The maximum atomic E-state index is 13.0. The van der Waals surface area contributed by atoms with Gasteiger partial charge in [-0.15, -0.1) is 0 Å². The Balaban J connectivity index is 0.000000141. The predicted octanol–water partition coefficient (Wildman–Crippen LogP) is 5.68. The molecule has 24 heavy (non-hydrogen) atoms. The van der Waals surface area contributed by atoms with Crippen LogP contribution < -0.4 is 9.47 Å². The van der Waals surface area contributed by atoms with Gasteiger partial charge in [-0.3, -0.25) is 0 Å². The third kappa shape index (κ3) is 3.55. The number of halogens is 4. The fourth-order valence-electron chi connectivity index (χ4n) is 2.26. The largest absolute Gasteiger partial charge is 0.486 e. The van der Waals surface area contributed by atoms with Gasteiger partial charge in [-0.2, -0.15) is 0 Å². The molecule has 6 heteroatoms. The molecule has 0 fully saturated rings. The van der Waals surface area contributed by atoms with Crippen molar-refractivity contribution < 1.29 is 18.3 Å². The van der Waals surface area contributed by atoms with Crippen molar-refractivity contribution in [3.8, 4) is 11.5 Å². The zero-order valence-electron chi connectivity index (χ0n) is 12.3. The van der Waals surface area contributed by atoms with E-state index in [1.807, 2.05) is 0 Å². The highest BCUT2D eigenvalue weighted by Gasteiger charge is 2.15. The van der Waals surface area contributed by atoms with E-state index >= 15 is 0 Å². The molecule has 2 aliphatic heterocycles. The van der Waals surface area contributed by atoms with Crippen LogP contribution in [0.4, 0.5) is 8.78 Å². The number of alkyl halides is 1. The lowest BCUT2D eigenvalue weighted by atomic mass is 10.1. The third-order valence-electron chi connectivity index (χ3n) is 3.36. The van der Waals surface area contributed by atoms with Crippen LogP contribution in [-0.4, -0.2) is 12.2 Å². The lowest BCUT2D eigenvalue weighted by molar-refractivity contribution is 0.304. The standard InChI is InChI=1S/2C9H6ClFO/c10-7-3-4-8(11)9-6(7)2-1-5-12-9;10-8-5-4-6-2-1-3-7(11)9(6)12-8/h1-4H,5H2;1-5,8H. The van der Waals surface area contributed by atoms with Crippen LogP contribution in [-0.2, 0) is 0 Å². The molecule has 2 heterocycles. The van der Waals surface area contributed by atoms with E-state index in [0.717, 1.165) is 5.56 Å². The van der Waals surface area contributed by atoms with Crippen molar-refractivity contribution in [3.05, 3.63) is 70.3 Å². The molecule has 0 saturated heterocycles. The fourth-order valence-corrected chi connectivity index (χ4v) is 2.63. The lowest BCUT2D eigenvalue weighted by Gasteiger charge is -2.16. The van der Waals surface area contributed by atoms with Gasteiger partial charge >= 0.3 is 0 Å². The van der Waals surface area contributed by atoms with Gasteiger partial charge in [0.2, 0.25) is 0 Å². The summed E-state index contributed by atoms with van der Waals surface area (Å²) in [5.74, 6) is -0.244. The Morgan fingerprint density at radius 1 is 1.00 bits per heavy atom. The van der Waals surface area contributed by atoms with Crippen LogP contribution in [0.3, 0.4) is 0 Å². The summed E-state index contributed by atoms with van der Waals surface area (Å²) in [6.07, 6.45) is 6.99. The van der Waals surface area contributed by atoms with E-state index in [2.05, 4.69) is 0 Å². The monoisotopic (exact) mass is 368 g/mol. The average molecular weight is 369 g/mol. The first-order chi connectivity index (χ1) is 11.6. The quantitative estimate of drug-likeness (QED) is 0.556. The highest BCUT2D eigenvalue weighted by molar-refractivity contribution is 6.32. The molecule has 1 unspecified atom stereocenters. The number of ether oxygens (including phenoxy) is 2. The van der Waals surface area contributed by atoms with Crippen molar-refractivity contribution in [2.45, 2.75) is 5.56 Å². The first-order valence-electron chi connectivity index (χ1n) is 7.11. The first-order valence-corrected chi connectivity index (χ1v) is 7.92. The molecule has 4 rings (SSSR count). The molecule has 0 saturated carbocycles. The van der Waals surface area contributed by atoms with Gasteiger partial charge in [-0.25, -0.2) is 8.78 Å². The van der Waals surface area contributed by atoms with Crippen molar-refractivity contribution in [2.24, 2.45) is 0 Å². The molecule has 0 aromatic heterocycles. The summed E-state index contributed by atoms with van der Waals surface area (Å²) < 4.78 is 36.2. The van der Waals surface area contributed by atoms with Crippen molar-refractivity contribution in [2.75, 3.05) is 6.61 Å². The molecule has 2 aromatic rings. The van der Waals surface area contributed by atoms with Gasteiger partial charge in [0.15, 0.2) is 28.7 Å². The van der Waals surface area contributed by atoms with E-state index in [9.17, 15) is 8.78 Å². The summed E-state index contributed by atoms with van der Waals surface area (Å²) >= 11 is 11.5. The summed E-state index contributed by atoms with van der Waals surface area (Å²) in [5, 5.41) is 0.516. The van der Waals surface area contributed by atoms with Crippen molar-refractivity contribution in [1.82, 2.24) is 0 Å². The van der Waals surface area contributed by atoms with Crippen molar-refractivity contribution in [1.29, 1.82) is 0 Å². The van der Waals surface area contributed by atoms with Gasteiger partial charge < -0.3 is 9.47 Å². The molecule has 0 bridgehead atoms. The summed E-state index contributed by atoms with van der Waals surface area (Å²) in [6, 6.07) is 7.59. The Morgan fingerprint density at radius 3 is 2.58 bits per heavy atom. The molecule has 0 N–H and O–H groups in total. The minimum Gasteiger partial charge on any atom is -0.486 e. The molecule has 0 amide bonds. The molecule has 2 nitrogen and oxygen atoms in total. The molecule has 2 aliphatic rings. The number of para-hydroxylation sites is 1. The summed E-state index contributed by atoms with van der Waals surface area (Å²) in [7, 11) is 0. The van der Waals surface area contributed by atoms with Gasteiger partial charge in [0.05, 0.1) is 5.02 Å². The van der Waals surface area contributed by atoms with E-state index in [4.69, 9.17) is 32.7 Å². The first kappa shape index (κ1) is 16.8. The van der Waals surface area contributed by atoms with Gasteiger partial charge in [0.1, 0.15) is 6.61 Å². The highest BCUT2D eigenvalue weighted by Crippen LogP contribution is 2.32. The van der Waals surface area contributed by atoms with E-state index < -0.39 is 5.56 Å². The second-order valence-corrected chi connectivity index (χ2v) is 5.81. The predicted molar refractivity (Wildman–Crippen MR) is 91.6 cm³/mol. The van der Waals surface area contributed by atoms with Crippen LogP contribution in [0.1, 0.15) is 11.1 Å². The molecule has 0 aliphatic carbocycles. The minimum atomic E-state index is -0.561. The topological polar surface area (TPSA) is 18.5 Å². The SMILES string of the molecule is Fc1ccc(Cl)c2c1OCC=C2.Fc1cccc2c1OC(Cl)C=C2. The Morgan fingerprint density at radius 2 is 1.79 bits per heavy atom. The van der Waals surface area contributed by atoms with Crippen LogP contribution in [0, 0.1) is 11.6 Å². The van der Waals surface area contributed by atoms with Crippen LogP contribution >= 0.6 is 23.2 Å². The molecule has 1 atom stereocenters. The van der Waals surface area contributed by atoms with E-state index in [0.29, 0.717) is 17.2 Å². The summed E-state index contributed by atoms with van der Waals surface area (Å²) in [4.78, 5) is 0. The average Bonchev–Trinajstić information content (AvgIpc) is 2.60. The Labute approximate surface area is 147 Å². The maximum Gasteiger partial charge on any atom is 0.191 e. The lowest BCUT2D eigenvalue weighted by Crippen LogP contribution is -2.10. The van der Waals surface area contributed by atoms with Crippen molar-refractivity contribution >= 4 is 35.4 Å². The third-order valence-corrected chi connectivity index (χ3v) is 3.92. The number of hydrogen-bond acceptors (Lipinski definition) is 2. The van der Waals surface area contributed by atoms with E-state index in [1.54, 1.807) is 36.4 Å². The van der Waals surface area contributed by atoms with E-state index in [1.165, 1.54) is 18.2 Å².